The summed E-state index contributed by atoms with van der Waals surface area (Å²) in [5.41, 5.74) is -0.635. The Morgan fingerprint density at radius 1 is 1.22 bits per heavy atom. The fourth-order valence-electron chi connectivity index (χ4n) is 0.958. The highest BCUT2D eigenvalue weighted by Crippen LogP contribution is 2.23. The molecule has 0 aliphatic rings. The van der Waals surface area contributed by atoms with Gasteiger partial charge in [-0.05, 0) is 20.8 Å². The summed E-state index contributed by atoms with van der Waals surface area (Å²) in [5.74, 6) is -0.754. The maximum Gasteiger partial charge on any atom is 0.408 e. The largest absolute Gasteiger partial charge is 0.480 e. The third-order valence-electron chi connectivity index (χ3n) is 1.67. The Morgan fingerprint density at radius 3 is 2.06 bits per heavy atom. The first-order chi connectivity index (χ1) is 7.91. The molecule has 0 aliphatic heterocycles. The molecule has 106 valence electrons. The van der Waals surface area contributed by atoms with E-state index in [0.29, 0.717) is 5.75 Å². The highest BCUT2D eigenvalue weighted by atomic mass is 32.2. The van der Waals surface area contributed by atoms with Crippen LogP contribution in [0.3, 0.4) is 0 Å². The van der Waals surface area contributed by atoms with Gasteiger partial charge in [0.15, 0.2) is 0 Å². The van der Waals surface area contributed by atoms with E-state index < -0.39 is 23.7 Å². The van der Waals surface area contributed by atoms with Crippen LogP contribution >= 0.6 is 11.8 Å². The van der Waals surface area contributed by atoms with Crippen LogP contribution in [0.1, 0.15) is 41.5 Å². The van der Waals surface area contributed by atoms with E-state index >= 15 is 0 Å². The van der Waals surface area contributed by atoms with Gasteiger partial charge in [-0.3, -0.25) is 0 Å². The Bertz CT molecular complexity index is 304. The SMILES string of the molecule is CC(C)(C)OC(=O)N[C@@H](CSC(C)(C)C)C(=O)O. The number of carbonyl (C=O) groups is 2. The van der Waals surface area contributed by atoms with E-state index in [4.69, 9.17) is 9.84 Å². The molecule has 0 saturated carbocycles. The molecule has 1 amide bonds. The Labute approximate surface area is 113 Å². The molecule has 0 radical (unpaired) electrons. The highest BCUT2D eigenvalue weighted by Gasteiger charge is 2.25. The molecule has 6 heteroatoms. The van der Waals surface area contributed by atoms with Gasteiger partial charge in [-0.2, -0.15) is 11.8 Å². The fraction of sp³-hybridized carbons (Fsp3) is 0.833. The molecule has 0 unspecified atom stereocenters. The second-order valence-electron chi connectivity index (χ2n) is 5.96. The number of aliphatic carboxylic acids is 1. The number of carboxylic acid groups (broad SMARTS) is 1. The van der Waals surface area contributed by atoms with Crippen LogP contribution in [0, 0.1) is 0 Å². The Morgan fingerprint density at radius 2 is 1.72 bits per heavy atom. The van der Waals surface area contributed by atoms with Gasteiger partial charge >= 0.3 is 12.1 Å². The van der Waals surface area contributed by atoms with Crippen LogP contribution in [0.2, 0.25) is 0 Å². The highest BCUT2D eigenvalue weighted by molar-refractivity contribution is 8.00. The van der Waals surface area contributed by atoms with Crippen molar-refractivity contribution < 1.29 is 19.4 Å². The van der Waals surface area contributed by atoms with E-state index in [1.165, 1.54) is 11.8 Å². The van der Waals surface area contributed by atoms with Crippen molar-refractivity contribution in [3.63, 3.8) is 0 Å². The van der Waals surface area contributed by atoms with E-state index in [1.807, 2.05) is 20.8 Å². The Balaban J connectivity index is 4.37. The molecule has 0 bridgehead atoms. The molecule has 0 aromatic rings. The smallest absolute Gasteiger partial charge is 0.408 e. The van der Waals surface area contributed by atoms with Gasteiger partial charge in [0.1, 0.15) is 11.6 Å². The zero-order valence-electron chi connectivity index (χ0n) is 11.9. The molecule has 0 saturated heterocycles. The first-order valence-corrected chi connectivity index (χ1v) is 6.75. The quantitative estimate of drug-likeness (QED) is 0.825. The van der Waals surface area contributed by atoms with Gasteiger partial charge in [0.25, 0.3) is 0 Å². The van der Waals surface area contributed by atoms with Crippen LogP contribution in [0.4, 0.5) is 4.79 Å². The average Bonchev–Trinajstić information content (AvgIpc) is 2.06. The van der Waals surface area contributed by atoms with Crippen LogP contribution in [-0.4, -0.2) is 39.3 Å². The number of amides is 1. The summed E-state index contributed by atoms with van der Waals surface area (Å²) in [6, 6.07) is -0.941. The number of ether oxygens (including phenoxy) is 1. The van der Waals surface area contributed by atoms with Crippen LogP contribution < -0.4 is 5.32 Å². The molecule has 18 heavy (non-hydrogen) atoms. The Kier molecular flexibility index (Phi) is 5.99. The summed E-state index contributed by atoms with van der Waals surface area (Å²) < 4.78 is 4.98. The zero-order valence-corrected chi connectivity index (χ0v) is 12.7. The Hall–Kier alpha value is -0.910. The summed E-state index contributed by atoms with van der Waals surface area (Å²) >= 11 is 1.48. The maximum absolute atomic E-state index is 11.5. The first kappa shape index (κ1) is 17.1. The summed E-state index contributed by atoms with van der Waals surface area (Å²) in [4.78, 5) is 22.5. The second kappa shape index (κ2) is 6.31. The number of rotatable bonds is 4. The minimum atomic E-state index is -1.06. The number of hydrogen-bond acceptors (Lipinski definition) is 4. The lowest BCUT2D eigenvalue weighted by Crippen LogP contribution is -2.45. The van der Waals surface area contributed by atoms with Crippen molar-refractivity contribution in [3.05, 3.63) is 0 Å². The number of nitrogens with one attached hydrogen (secondary N) is 1. The number of carboxylic acids is 1. The number of thioether (sulfide) groups is 1. The standard InChI is InChI=1S/C12H23NO4S/c1-11(2,3)17-10(16)13-8(9(14)15)7-18-12(4,5)6/h8H,7H2,1-6H3,(H,13,16)(H,14,15)/t8-/m0/s1. The normalized spacial score (nSPS) is 13.9. The van der Waals surface area contributed by atoms with Gasteiger partial charge in [0, 0.05) is 10.5 Å². The molecular formula is C12H23NO4S. The molecule has 0 spiro atoms. The molecule has 0 aliphatic carbocycles. The summed E-state index contributed by atoms with van der Waals surface area (Å²) in [6.45, 7) is 11.2. The number of hydrogen-bond donors (Lipinski definition) is 2. The lowest BCUT2D eigenvalue weighted by Gasteiger charge is -2.24. The van der Waals surface area contributed by atoms with Gasteiger partial charge in [-0.1, -0.05) is 20.8 Å². The number of carbonyl (C=O) groups excluding carboxylic acids is 1. The van der Waals surface area contributed by atoms with Crippen molar-refractivity contribution in [3.8, 4) is 0 Å². The summed E-state index contributed by atoms with van der Waals surface area (Å²) in [5, 5.41) is 11.4. The van der Waals surface area contributed by atoms with Crippen molar-refractivity contribution in [2.24, 2.45) is 0 Å². The van der Waals surface area contributed by atoms with Gasteiger partial charge in [0.05, 0.1) is 0 Å². The predicted octanol–water partition coefficient (Wildman–Crippen LogP) is 2.50. The molecule has 0 rings (SSSR count). The van der Waals surface area contributed by atoms with E-state index in [2.05, 4.69) is 5.32 Å². The van der Waals surface area contributed by atoms with Gasteiger partial charge in [-0.25, -0.2) is 9.59 Å². The maximum atomic E-state index is 11.5. The van der Waals surface area contributed by atoms with Crippen molar-refractivity contribution in [2.45, 2.75) is 57.9 Å². The van der Waals surface area contributed by atoms with Gasteiger partial charge in [-0.15, -0.1) is 0 Å². The minimum absolute atomic E-state index is 0.0523. The molecule has 5 nitrogen and oxygen atoms in total. The van der Waals surface area contributed by atoms with E-state index in [0.717, 1.165) is 0 Å². The fourth-order valence-corrected chi connectivity index (χ4v) is 1.85. The molecule has 0 aromatic heterocycles. The second-order valence-corrected chi connectivity index (χ2v) is 7.81. The van der Waals surface area contributed by atoms with Crippen molar-refractivity contribution in [1.82, 2.24) is 5.32 Å². The minimum Gasteiger partial charge on any atom is -0.480 e. The monoisotopic (exact) mass is 277 g/mol. The molecular weight excluding hydrogens is 254 g/mol. The third kappa shape index (κ3) is 9.15. The van der Waals surface area contributed by atoms with Gasteiger partial charge in [0.2, 0.25) is 0 Å². The van der Waals surface area contributed by atoms with Crippen molar-refractivity contribution >= 4 is 23.8 Å². The van der Waals surface area contributed by atoms with Crippen molar-refractivity contribution in [2.75, 3.05) is 5.75 Å². The summed E-state index contributed by atoms with van der Waals surface area (Å²) in [6.07, 6.45) is -0.704. The average molecular weight is 277 g/mol. The van der Waals surface area contributed by atoms with Crippen LogP contribution in [-0.2, 0) is 9.53 Å². The topological polar surface area (TPSA) is 75.6 Å². The van der Waals surface area contributed by atoms with Crippen LogP contribution in [0.15, 0.2) is 0 Å². The van der Waals surface area contributed by atoms with E-state index in [1.54, 1.807) is 20.8 Å². The van der Waals surface area contributed by atoms with Crippen LogP contribution in [0.25, 0.3) is 0 Å². The summed E-state index contributed by atoms with van der Waals surface area (Å²) in [7, 11) is 0. The van der Waals surface area contributed by atoms with Crippen LogP contribution in [0.5, 0.6) is 0 Å². The van der Waals surface area contributed by atoms with E-state index in [9.17, 15) is 9.59 Å². The lowest BCUT2D eigenvalue weighted by molar-refractivity contribution is -0.138. The van der Waals surface area contributed by atoms with Crippen molar-refractivity contribution in [1.29, 1.82) is 0 Å². The zero-order chi connectivity index (χ0) is 14.6. The first-order valence-electron chi connectivity index (χ1n) is 5.77. The molecule has 0 aromatic carbocycles. The predicted molar refractivity (Wildman–Crippen MR) is 73.0 cm³/mol. The molecule has 1 atom stereocenters. The van der Waals surface area contributed by atoms with Gasteiger partial charge < -0.3 is 15.2 Å². The number of alkyl carbamates (subject to hydrolysis) is 1. The molecule has 0 fully saturated rings. The third-order valence-corrected chi connectivity index (χ3v) is 3.04. The van der Waals surface area contributed by atoms with E-state index in [-0.39, 0.29) is 4.75 Å². The lowest BCUT2D eigenvalue weighted by atomic mass is 10.2. The molecule has 2 N–H and O–H groups in total. The molecule has 0 heterocycles.